The Morgan fingerprint density at radius 3 is 2.81 bits per heavy atom. The first-order valence-corrected chi connectivity index (χ1v) is 7.99. The standard InChI is InChI=1S/C16H24ClN3O/c1-3-9-20(11-16(21)18-2)15-6-4-5-14(17)13(15)10-19-12-7-8-12/h4-6,12,19H,3,7-11H2,1-2H3,(H,18,21). The van der Waals surface area contributed by atoms with Crippen LogP contribution in [-0.4, -0.2) is 32.1 Å². The van der Waals surface area contributed by atoms with Crippen LogP contribution in [0.25, 0.3) is 0 Å². The quantitative estimate of drug-likeness (QED) is 0.775. The molecule has 1 aromatic rings. The van der Waals surface area contributed by atoms with Crippen LogP contribution in [0.15, 0.2) is 18.2 Å². The van der Waals surface area contributed by atoms with Gasteiger partial charge in [0.25, 0.3) is 0 Å². The Bertz CT molecular complexity index is 488. The van der Waals surface area contributed by atoms with Crippen molar-refractivity contribution >= 4 is 23.2 Å². The van der Waals surface area contributed by atoms with E-state index in [4.69, 9.17) is 11.6 Å². The number of halogens is 1. The van der Waals surface area contributed by atoms with Crippen LogP contribution >= 0.6 is 11.6 Å². The first-order chi connectivity index (χ1) is 10.2. The predicted molar refractivity (Wildman–Crippen MR) is 87.9 cm³/mol. The number of hydrogen-bond acceptors (Lipinski definition) is 3. The van der Waals surface area contributed by atoms with E-state index in [0.717, 1.165) is 35.8 Å². The van der Waals surface area contributed by atoms with Crippen LogP contribution < -0.4 is 15.5 Å². The third kappa shape index (κ3) is 4.61. The highest BCUT2D eigenvalue weighted by molar-refractivity contribution is 6.31. The maximum atomic E-state index is 11.7. The number of nitrogens with zero attached hydrogens (tertiary/aromatic N) is 1. The Morgan fingerprint density at radius 2 is 2.19 bits per heavy atom. The molecule has 5 heteroatoms. The van der Waals surface area contributed by atoms with Gasteiger partial charge in [-0.1, -0.05) is 24.6 Å². The summed E-state index contributed by atoms with van der Waals surface area (Å²) in [5, 5.41) is 6.96. The molecule has 0 heterocycles. The van der Waals surface area contributed by atoms with Crippen molar-refractivity contribution in [3.05, 3.63) is 28.8 Å². The van der Waals surface area contributed by atoms with E-state index in [1.165, 1.54) is 12.8 Å². The van der Waals surface area contributed by atoms with E-state index in [9.17, 15) is 4.79 Å². The fourth-order valence-electron chi connectivity index (χ4n) is 2.36. The van der Waals surface area contributed by atoms with Crippen molar-refractivity contribution in [1.29, 1.82) is 0 Å². The van der Waals surface area contributed by atoms with E-state index in [2.05, 4.69) is 22.5 Å². The van der Waals surface area contributed by atoms with E-state index in [-0.39, 0.29) is 5.91 Å². The third-order valence-corrected chi connectivity index (χ3v) is 4.04. The molecule has 0 atom stereocenters. The summed E-state index contributed by atoms with van der Waals surface area (Å²) >= 11 is 6.38. The minimum absolute atomic E-state index is 0.0181. The maximum absolute atomic E-state index is 11.7. The van der Waals surface area contributed by atoms with Crippen LogP contribution in [0, 0.1) is 0 Å². The van der Waals surface area contributed by atoms with Gasteiger partial charge >= 0.3 is 0 Å². The molecular formula is C16H24ClN3O. The molecule has 2 N–H and O–H groups in total. The average molecular weight is 310 g/mol. The van der Waals surface area contributed by atoms with Crippen molar-refractivity contribution in [2.75, 3.05) is 25.0 Å². The van der Waals surface area contributed by atoms with E-state index >= 15 is 0 Å². The molecule has 1 aromatic carbocycles. The summed E-state index contributed by atoms with van der Waals surface area (Å²) in [7, 11) is 1.67. The minimum atomic E-state index is 0.0181. The molecular weight excluding hydrogens is 286 g/mol. The molecule has 0 aromatic heterocycles. The van der Waals surface area contributed by atoms with Gasteiger partial charge in [-0.25, -0.2) is 0 Å². The van der Waals surface area contributed by atoms with Crippen LogP contribution in [0.3, 0.4) is 0 Å². The van der Waals surface area contributed by atoms with Crippen molar-refractivity contribution in [3.63, 3.8) is 0 Å². The Balaban J connectivity index is 2.19. The molecule has 116 valence electrons. The zero-order valence-corrected chi connectivity index (χ0v) is 13.5. The molecule has 1 aliphatic rings. The van der Waals surface area contributed by atoms with Gasteiger partial charge in [0, 0.05) is 42.5 Å². The van der Waals surface area contributed by atoms with E-state index < -0.39 is 0 Å². The van der Waals surface area contributed by atoms with Crippen LogP contribution in [-0.2, 0) is 11.3 Å². The number of likely N-dealkylation sites (N-methyl/N-ethyl adjacent to an activating group) is 1. The molecule has 2 rings (SSSR count). The van der Waals surface area contributed by atoms with Crippen molar-refractivity contribution < 1.29 is 4.79 Å². The van der Waals surface area contributed by atoms with Gasteiger partial charge in [-0.3, -0.25) is 4.79 Å². The summed E-state index contributed by atoms with van der Waals surface area (Å²) in [6.07, 6.45) is 3.48. The Kier molecular flexibility index (Phi) is 5.88. The second kappa shape index (κ2) is 7.66. The monoisotopic (exact) mass is 309 g/mol. The highest BCUT2D eigenvalue weighted by Crippen LogP contribution is 2.29. The van der Waals surface area contributed by atoms with Gasteiger partial charge in [-0.2, -0.15) is 0 Å². The largest absolute Gasteiger partial charge is 0.362 e. The summed E-state index contributed by atoms with van der Waals surface area (Å²) in [6.45, 7) is 4.07. The van der Waals surface area contributed by atoms with Gasteiger partial charge in [-0.05, 0) is 31.4 Å². The molecule has 0 saturated heterocycles. The fraction of sp³-hybridized carbons (Fsp3) is 0.562. The molecule has 0 spiro atoms. The lowest BCUT2D eigenvalue weighted by Gasteiger charge is -2.26. The molecule has 0 bridgehead atoms. The predicted octanol–water partition coefficient (Wildman–Crippen LogP) is 2.55. The zero-order chi connectivity index (χ0) is 15.2. The molecule has 1 amide bonds. The summed E-state index contributed by atoms with van der Waals surface area (Å²) in [5.41, 5.74) is 2.14. The lowest BCUT2D eigenvalue weighted by molar-refractivity contribution is -0.119. The molecule has 1 aliphatic carbocycles. The second-order valence-electron chi connectivity index (χ2n) is 5.49. The number of benzene rings is 1. The Morgan fingerprint density at radius 1 is 1.43 bits per heavy atom. The molecule has 1 saturated carbocycles. The first-order valence-electron chi connectivity index (χ1n) is 7.62. The summed E-state index contributed by atoms with van der Waals surface area (Å²) in [6, 6.07) is 6.55. The lowest BCUT2D eigenvalue weighted by atomic mass is 10.1. The number of nitrogens with one attached hydrogen (secondary N) is 2. The van der Waals surface area contributed by atoms with Crippen LogP contribution in [0.2, 0.25) is 5.02 Å². The fourth-order valence-corrected chi connectivity index (χ4v) is 2.60. The van der Waals surface area contributed by atoms with E-state index in [1.54, 1.807) is 7.05 Å². The van der Waals surface area contributed by atoms with Gasteiger partial charge in [0.2, 0.25) is 5.91 Å². The Labute approximate surface area is 131 Å². The lowest BCUT2D eigenvalue weighted by Crippen LogP contribution is -2.37. The second-order valence-corrected chi connectivity index (χ2v) is 5.89. The van der Waals surface area contributed by atoms with Crippen molar-refractivity contribution in [1.82, 2.24) is 10.6 Å². The number of carbonyl (C=O) groups excluding carboxylic acids is 1. The number of carbonyl (C=O) groups is 1. The molecule has 21 heavy (non-hydrogen) atoms. The van der Waals surface area contributed by atoms with Crippen molar-refractivity contribution in [3.8, 4) is 0 Å². The van der Waals surface area contributed by atoms with E-state index in [0.29, 0.717) is 12.6 Å². The molecule has 0 radical (unpaired) electrons. The van der Waals surface area contributed by atoms with Gasteiger partial charge in [0.1, 0.15) is 0 Å². The van der Waals surface area contributed by atoms with Crippen LogP contribution in [0.5, 0.6) is 0 Å². The van der Waals surface area contributed by atoms with Gasteiger partial charge in [0.05, 0.1) is 6.54 Å². The van der Waals surface area contributed by atoms with Gasteiger partial charge in [0.15, 0.2) is 0 Å². The van der Waals surface area contributed by atoms with Crippen molar-refractivity contribution in [2.24, 2.45) is 0 Å². The van der Waals surface area contributed by atoms with Crippen LogP contribution in [0.4, 0.5) is 5.69 Å². The van der Waals surface area contributed by atoms with Crippen LogP contribution in [0.1, 0.15) is 31.7 Å². The van der Waals surface area contributed by atoms with Crippen molar-refractivity contribution in [2.45, 2.75) is 38.8 Å². The number of hydrogen-bond donors (Lipinski definition) is 2. The smallest absolute Gasteiger partial charge is 0.239 e. The highest BCUT2D eigenvalue weighted by Gasteiger charge is 2.22. The maximum Gasteiger partial charge on any atom is 0.239 e. The third-order valence-electron chi connectivity index (χ3n) is 3.69. The zero-order valence-electron chi connectivity index (χ0n) is 12.8. The Hall–Kier alpha value is -1.26. The van der Waals surface area contributed by atoms with Gasteiger partial charge in [-0.15, -0.1) is 0 Å². The van der Waals surface area contributed by atoms with Gasteiger partial charge < -0.3 is 15.5 Å². The topological polar surface area (TPSA) is 44.4 Å². The first kappa shape index (κ1) is 16.1. The molecule has 1 fully saturated rings. The molecule has 4 nitrogen and oxygen atoms in total. The molecule has 0 unspecified atom stereocenters. The minimum Gasteiger partial charge on any atom is -0.362 e. The summed E-state index contributed by atoms with van der Waals surface area (Å²) in [5.74, 6) is 0.0181. The highest BCUT2D eigenvalue weighted by atomic mass is 35.5. The average Bonchev–Trinajstić information content (AvgIpc) is 3.29. The number of rotatable bonds is 8. The summed E-state index contributed by atoms with van der Waals surface area (Å²) in [4.78, 5) is 13.8. The normalized spacial score (nSPS) is 14.0. The van der Waals surface area contributed by atoms with E-state index in [1.807, 2.05) is 18.2 Å². The number of anilines is 1. The summed E-state index contributed by atoms with van der Waals surface area (Å²) < 4.78 is 0. The molecule has 0 aliphatic heterocycles. The number of amides is 1. The SMILES string of the molecule is CCCN(CC(=O)NC)c1cccc(Cl)c1CNC1CC1.